The number of phosphoric acid groups is 2. The summed E-state index contributed by atoms with van der Waals surface area (Å²) in [5.41, 5.74) is 2.85. The number of aromatic nitrogens is 6. The number of nitrogens with zero attached hydrogens (tertiary/aromatic N) is 4. The molecule has 3 aromatic heterocycles. The first-order chi connectivity index (χ1) is 20.2. The van der Waals surface area contributed by atoms with Crippen LogP contribution >= 0.6 is 15.6 Å². The van der Waals surface area contributed by atoms with E-state index in [0.717, 1.165) is 27.7 Å². The summed E-state index contributed by atoms with van der Waals surface area (Å²) in [6, 6.07) is 0.947. The normalized spacial score (nSPS) is 38.7. The van der Waals surface area contributed by atoms with Crippen LogP contribution in [0.1, 0.15) is 12.5 Å². The summed E-state index contributed by atoms with van der Waals surface area (Å²) in [7, 11) is -10.2. The third-order valence-electron chi connectivity index (χ3n) is 6.78. The molecule has 0 radical (unpaired) electrons. The Bertz CT molecular complexity index is 1820. The fourth-order valence-electron chi connectivity index (χ4n) is 4.89. The smallest absolute Gasteiger partial charge is 0.386 e. The van der Waals surface area contributed by atoms with Crippen molar-refractivity contribution < 1.29 is 56.7 Å². The van der Waals surface area contributed by atoms with Crippen LogP contribution in [0, 0.1) is 0 Å². The fraction of sp³-hybridized carbons (Fsp3) is 0.526. The lowest BCUT2D eigenvalue weighted by Crippen LogP contribution is -2.40. The molecular formula is C19H23N7O15P2. The second-order valence-electron chi connectivity index (χ2n) is 9.57. The monoisotopic (exact) mass is 651 g/mol. The van der Waals surface area contributed by atoms with Gasteiger partial charge in [-0.15, -0.1) is 0 Å². The van der Waals surface area contributed by atoms with Crippen molar-refractivity contribution in [1.82, 2.24) is 29.1 Å². The van der Waals surface area contributed by atoms with Crippen molar-refractivity contribution in [3.63, 3.8) is 0 Å². The largest absolute Gasteiger partial charge is 0.472 e. The first-order valence-electron chi connectivity index (χ1n) is 12.3. The molecule has 3 aromatic rings. The molecule has 6 rings (SSSR count). The molecule has 3 aliphatic heterocycles. The van der Waals surface area contributed by atoms with E-state index in [1.165, 1.54) is 0 Å². The lowest BCUT2D eigenvalue weighted by Gasteiger charge is -2.27. The van der Waals surface area contributed by atoms with Crippen molar-refractivity contribution >= 4 is 32.8 Å². The van der Waals surface area contributed by atoms with E-state index in [-0.39, 0.29) is 17.1 Å². The van der Waals surface area contributed by atoms with Crippen LogP contribution < -0.4 is 22.5 Å². The molecule has 0 amide bonds. The number of anilines is 1. The van der Waals surface area contributed by atoms with Gasteiger partial charge in [-0.3, -0.25) is 46.8 Å². The molecule has 3 fully saturated rings. The second-order valence-corrected chi connectivity index (χ2v) is 12.4. The third kappa shape index (κ3) is 5.64. The predicted octanol–water partition coefficient (Wildman–Crippen LogP) is -3.21. The summed E-state index contributed by atoms with van der Waals surface area (Å²) >= 11 is 0. The summed E-state index contributed by atoms with van der Waals surface area (Å²) in [4.78, 5) is 68.8. The van der Waals surface area contributed by atoms with E-state index in [0.29, 0.717) is 0 Å². The van der Waals surface area contributed by atoms with E-state index < -0.39 is 94.7 Å². The summed E-state index contributed by atoms with van der Waals surface area (Å²) in [6.45, 7) is -1.79. The molecule has 43 heavy (non-hydrogen) atoms. The highest BCUT2D eigenvalue weighted by molar-refractivity contribution is 7.47. The Kier molecular flexibility index (Phi) is 7.52. The van der Waals surface area contributed by atoms with E-state index >= 15 is 0 Å². The molecule has 8 N–H and O–H groups in total. The summed E-state index contributed by atoms with van der Waals surface area (Å²) < 4.78 is 59.3. The number of aromatic amines is 2. The minimum atomic E-state index is -5.10. The molecule has 3 saturated heterocycles. The van der Waals surface area contributed by atoms with E-state index in [2.05, 4.69) is 15.0 Å². The molecule has 3 aliphatic rings. The Morgan fingerprint density at radius 3 is 2.02 bits per heavy atom. The van der Waals surface area contributed by atoms with Gasteiger partial charge in [-0.05, 0) is 0 Å². The Labute approximate surface area is 236 Å². The quantitative estimate of drug-likeness (QED) is 0.134. The number of imidazole rings is 1. The van der Waals surface area contributed by atoms with Gasteiger partial charge < -0.3 is 35.2 Å². The molecule has 24 heteroatoms. The number of fused-ring (bicyclic) bond motifs is 3. The SMILES string of the molecule is Nc1nc2c(ncn2[C@@H]2O[C@@H]3COP(=O)(O)OC4C(O)[C@H](n5ccc(=O)[nH]c5=O)O[C@@H]4COP(=O)(O)OC3C2O)c(=O)[nH]1. The van der Waals surface area contributed by atoms with Crippen LogP contribution in [0.15, 0.2) is 33.0 Å². The van der Waals surface area contributed by atoms with Crippen LogP contribution in [-0.4, -0.2) is 98.9 Å². The summed E-state index contributed by atoms with van der Waals surface area (Å²) in [5, 5.41) is 21.9. The Hall–Kier alpha value is -3.11. The fourth-order valence-corrected chi connectivity index (χ4v) is 6.82. The number of nitrogen functional groups attached to an aromatic ring is 1. The lowest BCUT2D eigenvalue weighted by atomic mass is 10.1. The Morgan fingerprint density at radius 1 is 0.907 bits per heavy atom. The van der Waals surface area contributed by atoms with Gasteiger partial charge in [0.25, 0.3) is 11.1 Å². The first kappa shape index (κ1) is 29.9. The Balaban J connectivity index is 1.29. The highest BCUT2D eigenvalue weighted by Gasteiger charge is 2.53. The zero-order valence-corrected chi connectivity index (χ0v) is 23.1. The molecular weight excluding hydrogens is 628 g/mol. The zero-order valence-electron chi connectivity index (χ0n) is 21.3. The van der Waals surface area contributed by atoms with Crippen LogP contribution in [0.4, 0.5) is 5.95 Å². The van der Waals surface area contributed by atoms with Gasteiger partial charge in [0.05, 0.1) is 19.5 Å². The average molecular weight is 651 g/mol. The lowest BCUT2D eigenvalue weighted by molar-refractivity contribution is -0.0675. The van der Waals surface area contributed by atoms with Crippen molar-refractivity contribution in [2.24, 2.45) is 0 Å². The standard InChI is InChI=1S/C19H23N7O15P2/c20-18-23-14-9(15(30)24-18)21-5-26(14)17-11(29)13-7(39-17)4-37-42(32,33)40-12-6(3-36-43(34,35)41-13)38-16(10(12)28)25-2-1-8(27)22-19(25)31/h1-2,5-7,10-13,16-17,28-29H,3-4H2,(H,32,33)(H,34,35)(H,22,27,31)(H3,20,23,24,30)/t6-,7-,10?,11?,12?,13?,16-,17-/m1/s1. The van der Waals surface area contributed by atoms with Gasteiger partial charge in [0.15, 0.2) is 23.6 Å². The van der Waals surface area contributed by atoms with E-state index in [1.54, 1.807) is 0 Å². The van der Waals surface area contributed by atoms with Crippen LogP contribution in [0.5, 0.6) is 0 Å². The highest BCUT2D eigenvalue weighted by atomic mass is 31.2. The molecule has 0 bridgehead atoms. The molecule has 234 valence electrons. The third-order valence-corrected chi connectivity index (χ3v) is 8.75. The van der Waals surface area contributed by atoms with Crippen molar-refractivity contribution in [1.29, 1.82) is 0 Å². The topological polar surface area (TPSA) is 315 Å². The minimum absolute atomic E-state index is 0.127. The number of ether oxygens (including phenoxy) is 2. The Morgan fingerprint density at radius 2 is 1.47 bits per heavy atom. The summed E-state index contributed by atoms with van der Waals surface area (Å²) in [6.07, 6.45) is -11.3. The number of nitrogens with two attached hydrogens (primary N) is 1. The highest BCUT2D eigenvalue weighted by Crippen LogP contribution is 2.53. The number of aliphatic hydroxyl groups excluding tert-OH is 2. The van der Waals surface area contributed by atoms with Gasteiger partial charge in [-0.25, -0.2) is 18.9 Å². The molecule has 6 unspecified atom stereocenters. The molecule has 22 nitrogen and oxygen atoms in total. The zero-order chi connectivity index (χ0) is 30.8. The first-order valence-corrected chi connectivity index (χ1v) is 15.2. The van der Waals surface area contributed by atoms with Gasteiger partial charge in [0.2, 0.25) is 5.95 Å². The van der Waals surface area contributed by atoms with Crippen molar-refractivity contribution in [2.45, 2.75) is 49.1 Å². The minimum Gasteiger partial charge on any atom is -0.386 e. The van der Waals surface area contributed by atoms with Gasteiger partial charge in [-0.2, -0.15) is 4.98 Å². The number of H-pyrrole nitrogens is 2. The van der Waals surface area contributed by atoms with Crippen LogP contribution in [-0.2, 0) is 36.7 Å². The van der Waals surface area contributed by atoms with Crippen LogP contribution in [0.25, 0.3) is 11.2 Å². The van der Waals surface area contributed by atoms with Crippen LogP contribution in [0.3, 0.4) is 0 Å². The molecule has 6 heterocycles. The number of rotatable bonds is 2. The maximum absolute atomic E-state index is 12.9. The average Bonchev–Trinajstić information content (AvgIpc) is 3.56. The summed E-state index contributed by atoms with van der Waals surface area (Å²) in [5.74, 6) is -0.285. The van der Waals surface area contributed by atoms with Gasteiger partial charge >= 0.3 is 21.3 Å². The number of phosphoric ester groups is 2. The molecule has 10 atom stereocenters. The molecule has 0 spiro atoms. The maximum atomic E-state index is 12.9. The number of aliphatic hydroxyl groups is 2. The van der Waals surface area contributed by atoms with E-state index in [4.69, 9.17) is 33.3 Å². The van der Waals surface area contributed by atoms with Crippen molar-refractivity contribution in [3.8, 4) is 0 Å². The maximum Gasteiger partial charge on any atom is 0.472 e. The molecule has 0 aromatic carbocycles. The number of hydrogen-bond donors (Lipinski definition) is 7. The predicted molar refractivity (Wildman–Crippen MR) is 135 cm³/mol. The van der Waals surface area contributed by atoms with Crippen molar-refractivity contribution in [2.75, 3.05) is 18.9 Å². The van der Waals surface area contributed by atoms with Crippen molar-refractivity contribution in [3.05, 3.63) is 49.8 Å². The molecule has 0 aliphatic carbocycles. The van der Waals surface area contributed by atoms with E-state index in [1.807, 2.05) is 4.98 Å². The van der Waals surface area contributed by atoms with Crippen LogP contribution in [0.2, 0.25) is 0 Å². The van der Waals surface area contributed by atoms with Gasteiger partial charge in [0, 0.05) is 12.3 Å². The number of hydrogen-bond acceptors (Lipinski definition) is 16. The van der Waals surface area contributed by atoms with Gasteiger partial charge in [0.1, 0.15) is 36.6 Å². The van der Waals surface area contributed by atoms with Gasteiger partial charge in [-0.1, -0.05) is 0 Å². The second kappa shape index (κ2) is 10.8. The van der Waals surface area contributed by atoms with E-state index in [9.17, 15) is 43.5 Å². The molecule has 0 saturated carbocycles. The number of nitrogens with one attached hydrogen (secondary N) is 2.